The second kappa shape index (κ2) is 19.1. The molecule has 4 rings (SSSR count). The maximum absolute atomic E-state index is 3.75. The summed E-state index contributed by atoms with van der Waals surface area (Å²) in [5, 5.41) is 3.75. The maximum Gasteiger partial charge on any atom is 0.00923 e. The molecule has 0 heterocycles. The molecule has 0 amide bonds. The van der Waals surface area contributed by atoms with Gasteiger partial charge in [0.1, 0.15) is 0 Å². The van der Waals surface area contributed by atoms with Crippen LogP contribution < -0.4 is 5.32 Å². The number of nitrogens with one attached hydrogen (secondary N) is 1. The van der Waals surface area contributed by atoms with Crippen LogP contribution in [-0.4, -0.2) is 13.1 Å². The van der Waals surface area contributed by atoms with Gasteiger partial charge in [-0.25, -0.2) is 0 Å². The molecule has 3 aliphatic rings. The normalized spacial score (nSPS) is 28.5. The van der Waals surface area contributed by atoms with Crippen LogP contribution in [0.5, 0.6) is 0 Å². The zero-order valence-electron chi connectivity index (χ0n) is 28.1. The van der Waals surface area contributed by atoms with Gasteiger partial charge in [0.15, 0.2) is 0 Å². The average molecular weight is 574 g/mol. The van der Waals surface area contributed by atoms with Crippen molar-refractivity contribution in [1.29, 1.82) is 0 Å². The van der Waals surface area contributed by atoms with E-state index in [1.54, 1.807) is 22.3 Å². The van der Waals surface area contributed by atoms with Crippen molar-refractivity contribution < 1.29 is 0 Å². The molecule has 1 heteroatoms. The Kier molecular flexibility index (Phi) is 15.3. The summed E-state index contributed by atoms with van der Waals surface area (Å²) >= 11 is 0. The molecule has 0 spiro atoms. The van der Waals surface area contributed by atoms with E-state index in [0.717, 1.165) is 29.7 Å². The van der Waals surface area contributed by atoms with Crippen LogP contribution in [-0.2, 0) is 25.7 Å². The summed E-state index contributed by atoms with van der Waals surface area (Å²) in [5.74, 6) is 3.34. The average Bonchev–Trinajstić information content (AvgIpc) is 3.04. The van der Waals surface area contributed by atoms with Gasteiger partial charge in [0.25, 0.3) is 0 Å². The Morgan fingerprint density at radius 1 is 0.571 bits per heavy atom. The lowest BCUT2D eigenvalue weighted by atomic mass is 9.79. The first-order valence-electron chi connectivity index (χ1n) is 18.8. The fraction of sp³-hybridized carbons (Fsp3) is 0.756. The summed E-state index contributed by atoms with van der Waals surface area (Å²) in [7, 11) is 2.23. The van der Waals surface area contributed by atoms with Crippen molar-refractivity contribution in [1.82, 2.24) is 5.32 Å². The third-order valence-electron chi connectivity index (χ3n) is 11.5. The van der Waals surface area contributed by atoms with Gasteiger partial charge in [-0.15, -0.1) is 0 Å². The Hall–Kier alpha value is -1.34. The molecule has 0 radical (unpaired) electrons. The topological polar surface area (TPSA) is 12.0 Å². The first-order chi connectivity index (χ1) is 20.6. The Balaban J connectivity index is 1.46. The molecule has 1 aromatic rings. The van der Waals surface area contributed by atoms with Crippen molar-refractivity contribution in [2.45, 2.75) is 168 Å². The van der Waals surface area contributed by atoms with E-state index in [2.05, 4.69) is 62.6 Å². The van der Waals surface area contributed by atoms with E-state index in [0.29, 0.717) is 0 Å². The van der Waals surface area contributed by atoms with E-state index in [4.69, 9.17) is 0 Å². The highest BCUT2D eigenvalue weighted by Gasteiger charge is 2.25. The van der Waals surface area contributed by atoms with Gasteiger partial charge in [0, 0.05) is 6.04 Å². The summed E-state index contributed by atoms with van der Waals surface area (Å²) in [6, 6.07) is 15.6. The Morgan fingerprint density at radius 2 is 1.10 bits per heavy atom. The number of aryl methyl sites for hydroxylation is 3. The SMILES string of the molecule is CNC1CCCCCCCCC1CCCC1CCc2cccc3c(cccc2CC(C)CC1C)CCCCCCCC3. The van der Waals surface area contributed by atoms with E-state index in [1.807, 2.05) is 0 Å². The summed E-state index contributed by atoms with van der Waals surface area (Å²) in [5.41, 5.74) is 6.43. The van der Waals surface area contributed by atoms with Crippen molar-refractivity contribution in [2.24, 2.45) is 23.7 Å². The molecule has 5 unspecified atom stereocenters. The minimum atomic E-state index is 0.740. The van der Waals surface area contributed by atoms with Crippen LogP contribution in [0.2, 0.25) is 0 Å². The maximum atomic E-state index is 3.75. The molecule has 1 aromatic carbocycles. The highest BCUT2D eigenvalue weighted by atomic mass is 14.9. The first-order valence-corrected chi connectivity index (χ1v) is 18.8. The fourth-order valence-electron chi connectivity index (χ4n) is 8.88. The van der Waals surface area contributed by atoms with Crippen LogP contribution in [0.4, 0.5) is 0 Å². The quantitative estimate of drug-likeness (QED) is 0.369. The zero-order valence-corrected chi connectivity index (χ0v) is 28.1. The van der Waals surface area contributed by atoms with E-state index >= 15 is 0 Å². The lowest BCUT2D eigenvalue weighted by molar-refractivity contribution is 0.240. The van der Waals surface area contributed by atoms with Crippen molar-refractivity contribution in [3.05, 3.63) is 58.7 Å². The minimum absolute atomic E-state index is 0.740. The third-order valence-corrected chi connectivity index (χ3v) is 11.5. The van der Waals surface area contributed by atoms with Gasteiger partial charge in [0.2, 0.25) is 0 Å². The molecule has 0 aromatic heterocycles. The molecular formula is C41H67N. The molecule has 1 fully saturated rings. The van der Waals surface area contributed by atoms with Gasteiger partial charge >= 0.3 is 0 Å². The lowest BCUT2D eigenvalue weighted by Crippen LogP contribution is -2.34. The zero-order chi connectivity index (χ0) is 29.4. The predicted octanol–water partition coefficient (Wildman–Crippen LogP) is 11.5. The second-order valence-corrected chi connectivity index (χ2v) is 14.9. The smallest absolute Gasteiger partial charge is 0.00923 e. The van der Waals surface area contributed by atoms with Crippen molar-refractivity contribution in [3.8, 4) is 0 Å². The minimum Gasteiger partial charge on any atom is -0.317 e. The van der Waals surface area contributed by atoms with Crippen molar-refractivity contribution in [2.75, 3.05) is 7.05 Å². The van der Waals surface area contributed by atoms with Gasteiger partial charge in [-0.1, -0.05) is 127 Å². The monoisotopic (exact) mass is 574 g/mol. The van der Waals surface area contributed by atoms with Gasteiger partial charge in [-0.05, 0) is 124 Å². The molecule has 42 heavy (non-hydrogen) atoms. The highest BCUT2D eigenvalue weighted by molar-refractivity contribution is 5.30. The predicted molar refractivity (Wildman–Crippen MR) is 185 cm³/mol. The Labute approximate surface area is 261 Å². The standard InChI is InChI=1S/C41H67N/c1-33-31-34(2)35(22-16-26-39-21-14-10-6-7-11-15-28-41(39)42-3)29-30-38-25-17-23-36-19-12-8-4-5-9-13-20-37(36)24-18-27-40(38)32-33/h17-18,23-25,27,33-35,39,41-42H,4-16,19-22,26,28-32H2,1-3H3. The molecule has 0 aliphatic heterocycles. The van der Waals surface area contributed by atoms with Crippen LogP contribution in [0.15, 0.2) is 36.4 Å². The number of hydrogen-bond donors (Lipinski definition) is 1. The van der Waals surface area contributed by atoms with Gasteiger partial charge < -0.3 is 5.32 Å². The van der Waals surface area contributed by atoms with Gasteiger partial charge in [0.05, 0.1) is 0 Å². The molecule has 0 saturated heterocycles. The summed E-state index contributed by atoms with van der Waals surface area (Å²) < 4.78 is 0. The molecule has 0 bridgehead atoms. The second-order valence-electron chi connectivity index (χ2n) is 14.9. The van der Waals surface area contributed by atoms with Crippen LogP contribution in [0.25, 0.3) is 0 Å². The Morgan fingerprint density at radius 3 is 1.74 bits per heavy atom. The summed E-state index contributed by atoms with van der Waals surface area (Å²) in [6.07, 6.45) is 31.9. The summed E-state index contributed by atoms with van der Waals surface area (Å²) in [6.45, 7) is 5.11. The molecule has 236 valence electrons. The molecular weight excluding hydrogens is 506 g/mol. The van der Waals surface area contributed by atoms with E-state index in [-0.39, 0.29) is 0 Å². The van der Waals surface area contributed by atoms with Crippen LogP contribution in [0, 0.1) is 23.7 Å². The lowest BCUT2D eigenvalue weighted by Gasteiger charge is -2.30. The largest absolute Gasteiger partial charge is 0.317 e. The number of rotatable bonds is 5. The van der Waals surface area contributed by atoms with Crippen LogP contribution in [0.3, 0.4) is 0 Å². The van der Waals surface area contributed by atoms with Crippen molar-refractivity contribution >= 4 is 0 Å². The fourth-order valence-corrected chi connectivity index (χ4v) is 8.88. The van der Waals surface area contributed by atoms with E-state index in [9.17, 15) is 0 Å². The van der Waals surface area contributed by atoms with Crippen molar-refractivity contribution in [3.63, 3.8) is 0 Å². The highest BCUT2D eigenvalue weighted by Crippen LogP contribution is 2.34. The number of fused-ring (bicyclic) bond motifs is 2. The molecule has 3 aliphatic carbocycles. The Bertz CT molecular complexity index is 948. The van der Waals surface area contributed by atoms with Crippen LogP contribution in [0.1, 0.15) is 158 Å². The molecule has 5 atom stereocenters. The molecule has 1 nitrogen and oxygen atoms in total. The van der Waals surface area contributed by atoms with E-state index in [1.165, 1.54) is 148 Å². The van der Waals surface area contributed by atoms with Crippen LogP contribution >= 0.6 is 0 Å². The van der Waals surface area contributed by atoms with E-state index < -0.39 is 0 Å². The molecule has 1 saturated carbocycles. The number of hydrogen-bond acceptors (Lipinski definition) is 1. The van der Waals surface area contributed by atoms with Gasteiger partial charge in [-0.3, -0.25) is 0 Å². The molecule has 1 N–H and O–H groups in total. The first kappa shape index (κ1) is 33.6. The third kappa shape index (κ3) is 11.3. The van der Waals surface area contributed by atoms with Gasteiger partial charge in [-0.2, -0.15) is 0 Å². The summed E-state index contributed by atoms with van der Waals surface area (Å²) in [4.78, 5) is 0.